The van der Waals surface area contributed by atoms with Crippen molar-refractivity contribution in [2.75, 3.05) is 13.2 Å². The van der Waals surface area contributed by atoms with E-state index in [1.807, 2.05) is 25.1 Å². The molecule has 0 saturated carbocycles. The molecule has 0 fully saturated rings. The number of pyridine rings is 2. The van der Waals surface area contributed by atoms with Gasteiger partial charge in [0.2, 0.25) is 0 Å². The van der Waals surface area contributed by atoms with Gasteiger partial charge in [-0.3, -0.25) is 14.6 Å². The summed E-state index contributed by atoms with van der Waals surface area (Å²) in [5, 5.41) is 10.2. The second-order valence-electron chi connectivity index (χ2n) is 5.90. The Morgan fingerprint density at radius 1 is 1.20 bits per heavy atom. The molecule has 0 aliphatic heterocycles. The number of fused-ring (bicyclic) bond motifs is 1. The zero-order chi connectivity index (χ0) is 17.8. The lowest BCUT2D eigenvalue weighted by atomic mass is 10.1. The lowest BCUT2D eigenvalue weighted by Gasteiger charge is -2.21. The number of nitrogens with one attached hydrogen (secondary N) is 1. The van der Waals surface area contributed by atoms with Crippen LogP contribution in [0.4, 0.5) is 0 Å². The van der Waals surface area contributed by atoms with Gasteiger partial charge in [0.15, 0.2) is 0 Å². The minimum absolute atomic E-state index is 0.126. The number of H-pyrrole nitrogens is 1. The van der Waals surface area contributed by atoms with Gasteiger partial charge in [-0.25, -0.2) is 0 Å². The molecule has 3 aromatic rings. The van der Waals surface area contributed by atoms with Crippen LogP contribution in [0.1, 0.15) is 21.5 Å². The Morgan fingerprint density at radius 3 is 2.68 bits per heavy atom. The average Bonchev–Trinajstić information content (AvgIpc) is 2.62. The molecular weight excluding hydrogens is 318 g/mol. The molecule has 3 rings (SSSR count). The molecule has 2 heterocycles. The largest absolute Gasteiger partial charge is 0.395 e. The summed E-state index contributed by atoms with van der Waals surface area (Å²) in [6.07, 6.45) is 3.08. The van der Waals surface area contributed by atoms with E-state index < -0.39 is 0 Å². The Hall–Kier alpha value is -2.99. The summed E-state index contributed by atoms with van der Waals surface area (Å²) in [7, 11) is 0. The van der Waals surface area contributed by atoms with Gasteiger partial charge in [-0.15, -0.1) is 0 Å². The summed E-state index contributed by atoms with van der Waals surface area (Å²) in [5.74, 6) is -0.250. The van der Waals surface area contributed by atoms with Crippen molar-refractivity contribution < 1.29 is 9.90 Å². The maximum atomic E-state index is 12.6. The SMILES string of the molecule is Cc1ccc2[nH]c(=O)c(CN(CCO)C(=O)c3ccncc3)cc2c1. The number of hydrogen-bond acceptors (Lipinski definition) is 4. The highest BCUT2D eigenvalue weighted by atomic mass is 16.3. The van der Waals surface area contributed by atoms with Crippen molar-refractivity contribution in [2.24, 2.45) is 0 Å². The first-order chi connectivity index (χ1) is 12.1. The molecule has 2 aromatic heterocycles. The zero-order valence-electron chi connectivity index (χ0n) is 13.9. The van der Waals surface area contributed by atoms with Crippen LogP contribution in [-0.4, -0.2) is 39.0 Å². The fourth-order valence-corrected chi connectivity index (χ4v) is 2.74. The fraction of sp³-hybridized carbons (Fsp3) is 0.211. The van der Waals surface area contributed by atoms with Crippen LogP contribution in [0.15, 0.2) is 53.6 Å². The van der Waals surface area contributed by atoms with Gasteiger partial charge >= 0.3 is 0 Å². The van der Waals surface area contributed by atoms with E-state index in [0.29, 0.717) is 11.1 Å². The van der Waals surface area contributed by atoms with Crippen molar-refractivity contribution in [3.63, 3.8) is 0 Å². The van der Waals surface area contributed by atoms with Crippen LogP contribution in [0.2, 0.25) is 0 Å². The summed E-state index contributed by atoms with van der Waals surface area (Å²) in [6, 6.07) is 10.8. The predicted octanol–water partition coefficient (Wildman–Crippen LogP) is 1.87. The molecule has 0 spiro atoms. The van der Waals surface area contributed by atoms with E-state index in [-0.39, 0.29) is 31.2 Å². The van der Waals surface area contributed by atoms with Gasteiger partial charge in [-0.05, 0) is 42.6 Å². The third kappa shape index (κ3) is 3.75. The topological polar surface area (TPSA) is 86.3 Å². The summed E-state index contributed by atoms with van der Waals surface area (Å²) in [5.41, 5.74) is 2.56. The first kappa shape index (κ1) is 16.9. The molecule has 1 aromatic carbocycles. The molecule has 128 valence electrons. The highest BCUT2D eigenvalue weighted by molar-refractivity contribution is 5.94. The second kappa shape index (κ2) is 7.27. The van der Waals surface area contributed by atoms with E-state index in [1.54, 1.807) is 18.2 Å². The highest BCUT2D eigenvalue weighted by Gasteiger charge is 2.17. The standard InChI is InChI=1S/C19H19N3O3/c1-13-2-3-17-15(10-13)11-16(18(24)21-17)12-22(8-9-23)19(25)14-4-6-20-7-5-14/h2-7,10-11,23H,8-9,12H2,1H3,(H,21,24). The predicted molar refractivity (Wildman–Crippen MR) is 95.4 cm³/mol. The Kier molecular flexibility index (Phi) is 4.90. The minimum Gasteiger partial charge on any atom is -0.395 e. The Balaban J connectivity index is 1.94. The van der Waals surface area contributed by atoms with Crippen molar-refractivity contribution in [3.8, 4) is 0 Å². The van der Waals surface area contributed by atoms with Gasteiger partial charge in [-0.1, -0.05) is 11.6 Å². The highest BCUT2D eigenvalue weighted by Crippen LogP contribution is 2.15. The van der Waals surface area contributed by atoms with Crippen LogP contribution in [0.25, 0.3) is 10.9 Å². The molecular formula is C19H19N3O3. The van der Waals surface area contributed by atoms with Gasteiger partial charge in [0, 0.05) is 35.6 Å². The number of hydrogen-bond donors (Lipinski definition) is 2. The van der Waals surface area contributed by atoms with Crippen molar-refractivity contribution in [1.29, 1.82) is 0 Å². The number of aliphatic hydroxyl groups is 1. The smallest absolute Gasteiger partial charge is 0.254 e. The number of rotatable bonds is 5. The van der Waals surface area contributed by atoms with Crippen molar-refractivity contribution >= 4 is 16.8 Å². The lowest BCUT2D eigenvalue weighted by molar-refractivity contribution is 0.0707. The first-order valence-corrected chi connectivity index (χ1v) is 8.01. The van der Waals surface area contributed by atoms with E-state index in [9.17, 15) is 14.7 Å². The summed E-state index contributed by atoms with van der Waals surface area (Å²) in [6.45, 7) is 2.07. The third-order valence-corrected chi connectivity index (χ3v) is 4.02. The van der Waals surface area contributed by atoms with Gasteiger partial charge < -0.3 is 15.0 Å². The molecule has 0 radical (unpaired) electrons. The number of aromatic nitrogens is 2. The van der Waals surface area contributed by atoms with Gasteiger partial charge in [-0.2, -0.15) is 0 Å². The van der Waals surface area contributed by atoms with E-state index in [4.69, 9.17) is 0 Å². The van der Waals surface area contributed by atoms with Crippen molar-refractivity contribution in [1.82, 2.24) is 14.9 Å². The number of amides is 1. The summed E-state index contributed by atoms with van der Waals surface area (Å²) >= 11 is 0. The first-order valence-electron chi connectivity index (χ1n) is 8.01. The fourth-order valence-electron chi connectivity index (χ4n) is 2.74. The van der Waals surface area contributed by atoms with Crippen molar-refractivity contribution in [2.45, 2.75) is 13.5 Å². The van der Waals surface area contributed by atoms with E-state index in [2.05, 4.69) is 9.97 Å². The summed E-state index contributed by atoms with van der Waals surface area (Å²) < 4.78 is 0. The maximum absolute atomic E-state index is 12.6. The van der Waals surface area contributed by atoms with Gasteiger partial charge in [0.1, 0.15) is 0 Å². The van der Waals surface area contributed by atoms with E-state index >= 15 is 0 Å². The van der Waals surface area contributed by atoms with Crippen LogP contribution in [-0.2, 0) is 6.54 Å². The number of nitrogens with zero attached hydrogens (tertiary/aromatic N) is 2. The number of aliphatic hydroxyl groups excluding tert-OH is 1. The number of carbonyl (C=O) groups is 1. The molecule has 0 atom stereocenters. The molecule has 0 saturated heterocycles. The lowest BCUT2D eigenvalue weighted by Crippen LogP contribution is -2.35. The van der Waals surface area contributed by atoms with Crippen LogP contribution < -0.4 is 5.56 Å². The maximum Gasteiger partial charge on any atom is 0.254 e. The number of carbonyl (C=O) groups excluding carboxylic acids is 1. The number of aromatic amines is 1. The molecule has 0 aliphatic carbocycles. The Labute approximate surface area is 144 Å². The van der Waals surface area contributed by atoms with Crippen LogP contribution in [0.3, 0.4) is 0 Å². The molecule has 1 amide bonds. The monoisotopic (exact) mass is 337 g/mol. The van der Waals surface area contributed by atoms with E-state index in [1.165, 1.54) is 17.3 Å². The minimum atomic E-state index is -0.250. The molecule has 0 bridgehead atoms. The summed E-state index contributed by atoms with van der Waals surface area (Å²) in [4.78, 5) is 33.2. The quantitative estimate of drug-likeness (QED) is 0.744. The Bertz CT molecular complexity index is 951. The van der Waals surface area contributed by atoms with Crippen LogP contribution >= 0.6 is 0 Å². The van der Waals surface area contributed by atoms with Crippen molar-refractivity contribution in [3.05, 3.63) is 75.8 Å². The van der Waals surface area contributed by atoms with Crippen LogP contribution in [0.5, 0.6) is 0 Å². The zero-order valence-corrected chi connectivity index (χ0v) is 13.9. The van der Waals surface area contributed by atoms with E-state index in [0.717, 1.165) is 16.5 Å². The molecule has 0 aliphatic rings. The number of benzene rings is 1. The van der Waals surface area contributed by atoms with Gasteiger partial charge in [0.05, 0.1) is 13.2 Å². The molecule has 6 nitrogen and oxygen atoms in total. The second-order valence-corrected chi connectivity index (χ2v) is 5.90. The molecule has 2 N–H and O–H groups in total. The van der Waals surface area contributed by atoms with Crippen LogP contribution in [0, 0.1) is 6.92 Å². The molecule has 25 heavy (non-hydrogen) atoms. The normalized spacial score (nSPS) is 10.8. The third-order valence-electron chi connectivity index (χ3n) is 4.02. The average molecular weight is 337 g/mol. The Morgan fingerprint density at radius 2 is 1.96 bits per heavy atom. The van der Waals surface area contributed by atoms with Gasteiger partial charge in [0.25, 0.3) is 11.5 Å². The molecule has 6 heteroatoms. The molecule has 0 unspecified atom stereocenters. The number of aryl methyl sites for hydroxylation is 1.